The van der Waals surface area contributed by atoms with Crippen molar-refractivity contribution in [1.82, 2.24) is 14.3 Å². The lowest BCUT2D eigenvalue weighted by Gasteiger charge is -2.25. The van der Waals surface area contributed by atoms with Gasteiger partial charge in [0, 0.05) is 18.8 Å². The van der Waals surface area contributed by atoms with E-state index in [0.717, 1.165) is 11.5 Å². The number of hydrogen-bond acceptors (Lipinski definition) is 2. The van der Waals surface area contributed by atoms with Gasteiger partial charge in [0.15, 0.2) is 11.6 Å². The van der Waals surface area contributed by atoms with E-state index in [4.69, 9.17) is 0 Å². The summed E-state index contributed by atoms with van der Waals surface area (Å²) in [7, 11) is 1.98. The zero-order valence-electron chi connectivity index (χ0n) is 9.98. The summed E-state index contributed by atoms with van der Waals surface area (Å²) in [4.78, 5) is 15.6. The molecule has 2 heterocycles. The van der Waals surface area contributed by atoms with Gasteiger partial charge in [-0.15, -0.1) is 0 Å². The number of hydrogen-bond donors (Lipinski definition) is 0. The standard InChI is InChI=1S/C12H15N3O/c1-8-9(2)15(14(8)4)12-7-11(10(3)16)5-6-13-12/h5-7H,1-4H3. The lowest BCUT2D eigenvalue weighted by atomic mass is 10.2. The average Bonchev–Trinajstić information content (AvgIpc) is 2.29. The SMILES string of the molecule is CC(=O)c1ccnc(-n2c(C)c(C)n2C)c1. The Labute approximate surface area is 94.5 Å². The first-order valence-corrected chi connectivity index (χ1v) is 5.20. The minimum Gasteiger partial charge on any atom is -0.295 e. The molecule has 16 heavy (non-hydrogen) atoms. The summed E-state index contributed by atoms with van der Waals surface area (Å²) in [5, 5.41) is 0. The van der Waals surface area contributed by atoms with E-state index in [1.165, 1.54) is 5.69 Å². The minimum absolute atomic E-state index is 0.0604. The molecular formula is C12H15N3O. The first kappa shape index (κ1) is 10.7. The van der Waals surface area contributed by atoms with E-state index in [9.17, 15) is 4.79 Å². The predicted molar refractivity (Wildman–Crippen MR) is 62.0 cm³/mol. The van der Waals surface area contributed by atoms with E-state index in [-0.39, 0.29) is 5.78 Å². The van der Waals surface area contributed by atoms with Gasteiger partial charge in [0.25, 0.3) is 0 Å². The second kappa shape index (κ2) is 3.63. The Morgan fingerprint density at radius 1 is 1.31 bits per heavy atom. The molecule has 0 spiro atoms. The highest BCUT2D eigenvalue weighted by Crippen LogP contribution is 2.17. The molecular weight excluding hydrogens is 202 g/mol. The largest absolute Gasteiger partial charge is 0.295 e. The molecule has 0 aliphatic heterocycles. The molecule has 0 aliphatic carbocycles. The number of ketones is 1. The summed E-state index contributed by atoms with van der Waals surface area (Å²) in [5.74, 6) is 0.850. The van der Waals surface area contributed by atoms with Crippen molar-refractivity contribution >= 4 is 5.78 Å². The Kier molecular flexibility index (Phi) is 2.42. The van der Waals surface area contributed by atoms with Gasteiger partial charge in [0.2, 0.25) is 0 Å². The number of Topliss-reactive ketones (excluding diaryl/α,β-unsaturated/α-hetero) is 1. The van der Waals surface area contributed by atoms with Crippen LogP contribution in [0.5, 0.6) is 0 Å². The van der Waals surface area contributed by atoms with Crippen molar-refractivity contribution in [3.63, 3.8) is 0 Å². The second-order valence-electron chi connectivity index (χ2n) is 3.97. The van der Waals surface area contributed by atoms with Crippen molar-refractivity contribution in [2.24, 2.45) is 7.05 Å². The molecule has 0 bridgehead atoms. The van der Waals surface area contributed by atoms with Crippen LogP contribution in [0.1, 0.15) is 28.7 Å². The fourth-order valence-corrected chi connectivity index (χ4v) is 1.80. The molecule has 4 heteroatoms. The van der Waals surface area contributed by atoms with E-state index in [0.29, 0.717) is 5.56 Å². The molecule has 0 aliphatic rings. The molecule has 0 aromatic carbocycles. The number of rotatable bonds is 2. The van der Waals surface area contributed by atoms with Crippen molar-refractivity contribution in [2.75, 3.05) is 0 Å². The van der Waals surface area contributed by atoms with Crippen LogP contribution >= 0.6 is 0 Å². The Balaban J connectivity index is 2.50. The van der Waals surface area contributed by atoms with Crippen LogP contribution in [0, 0.1) is 13.8 Å². The molecule has 0 saturated heterocycles. The number of aromatic nitrogens is 3. The lowest BCUT2D eigenvalue weighted by Crippen LogP contribution is -2.25. The second-order valence-corrected chi connectivity index (χ2v) is 3.97. The number of pyridine rings is 1. The number of carbonyl (C=O) groups is 1. The van der Waals surface area contributed by atoms with Crippen LogP contribution < -0.4 is 0 Å². The van der Waals surface area contributed by atoms with Crippen LogP contribution in [0.25, 0.3) is 5.82 Å². The summed E-state index contributed by atoms with van der Waals surface area (Å²) in [6.07, 6.45) is 1.67. The van der Waals surface area contributed by atoms with E-state index >= 15 is 0 Å². The van der Waals surface area contributed by atoms with E-state index < -0.39 is 0 Å². The summed E-state index contributed by atoms with van der Waals surface area (Å²) in [5.41, 5.74) is 3.07. The van der Waals surface area contributed by atoms with E-state index in [2.05, 4.69) is 11.9 Å². The third-order valence-corrected chi connectivity index (χ3v) is 3.00. The maximum Gasteiger partial charge on any atom is 0.159 e. The summed E-state index contributed by atoms with van der Waals surface area (Å²) in [6, 6.07) is 3.55. The first-order valence-electron chi connectivity index (χ1n) is 5.20. The summed E-state index contributed by atoms with van der Waals surface area (Å²) >= 11 is 0. The molecule has 0 amide bonds. The van der Waals surface area contributed by atoms with Gasteiger partial charge >= 0.3 is 0 Å². The number of nitrogens with zero attached hydrogens (tertiary/aromatic N) is 3. The van der Waals surface area contributed by atoms with Crippen LogP contribution in [0.2, 0.25) is 0 Å². The van der Waals surface area contributed by atoms with Crippen molar-refractivity contribution < 1.29 is 4.79 Å². The third-order valence-electron chi connectivity index (χ3n) is 3.00. The Bertz CT molecular complexity index is 531. The van der Waals surface area contributed by atoms with Gasteiger partial charge in [0.05, 0.1) is 11.4 Å². The van der Waals surface area contributed by atoms with Crippen molar-refractivity contribution in [3.05, 3.63) is 35.3 Å². The minimum atomic E-state index is 0.0604. The van der Waals surface area contributed by atoms with Crippen LogP contribution in [-0.2, 0) is 7.05 Å². The molecule has 0 N–H and O–H groups in total. The fraction of sp³-hybridized carbons (Fsp3) is 0.333. The number of carbonyl (C=O) groups excluding carboxylic acids is 1. The van der Waals surface area contributed by atoms with Gasteiger partial charge in [-0.1, -0.05) is 0 Å². The predicted octanol–water partition coefficient (Wildman–Crippen LogP) is 2.03. The van der Waals surface area contributed by atoms with Gasteiger partial charge in [-0.25, -0.2) is 9.67 Å². The molecule has 0 unspecified atom stereocenters. The van der Waals surface area contributed by atoms with Crippen LogP contribution in [0.3, 0.4) is 0 Å². The zero-order chi connectivity index (χ0) is 11.9. The van der Waals surface area contributed by atoms with Gasteiger partial charge in [-0.2, -0.15) is 0 Å². The molecule has 0 fully saturated rings. The van der Waals surface area contributed by atoms with Crippen molar-refractivity contribution in [2.45, 2.75) is 20.8 Å². The highest BCUT2D eigenvalue weighted by Gasteiger charge is 2.13. The van der Waals surface area contributed by atoms with Gasteiger partial charge in [-0.3, -0.25) is 9.48 Å². The molecule has 0 radical (unpaired) electrons. The fourth-order valence-electron chi connectivity index (χ4n) is 1.80. The lowest BCUT2D eigenvalue weighted by molar-refractivity contribution is 0.101. The smallest absolute Gasteiger partial charge is 0.159 e. The van der Waals surface area contributed by atoms with E-state index in [1.54, 1.807) is 19.2 Å². The van der Waals surface area contributed by atoms with Crippen molar-refractivity contribution in [1.29, 1.82) is 0 Å². The van der Waals surface area contributed by atoms with Gasteiger partial charge < -0.3 is 0 Å². The molecule has 2 aromatic heterocycles. The van der Waals surface area contributed by atoms with Crippen LogP contribution in [0.15, 0.2) is 18.3 Å². The summed E-state index contributed by atoms with van der Waals surface area (Å²) < 4.78 is 4.00. The van der Waals surface area contributed by atoms with Crippen LogP contribution in [0.4, 0.5) is 0 Å². The van der Waals surface area contributed by atoms with Gasteiger partial charge in [-0.05, 0) is 32.9 Å². The molecule has 0 atom stereocenters. The topological polar surface area (TPSA) is 39.8 Å². The highest BCUT2D eigenvalue weighted by molar-refractivity contribution is 5.94. The Hall–Kier alpha value is -1.84. The first-order chi connectivity index (χ1) is 7.52. The normalized spacial score (nSPS) is 10.8. The Morgan fingerprint density at radius 2 is 2.00 bits per heavy atom. The molecule has 2 aromatic rings. The van der Waals surface area contributed by atoms with E-state index in [1.807, 2.05) is 29.4 Å². The Morgan fingerprint density at radius 3 is 2.56 bits per heavy atom. The quantitative estimate of drug-likeness (QED) is 0.722. The average molecular weight is 217 g/mol. The molecule has 0 saturated carbocycles. The monoisotopic (exact) mass is 217 g/mol. The molecule has 2 rings (SSSR count). The highest BCUT2D eigenvalue weighted by atomic mass is 16.1. The zero-order valence-corrected chi connectivity index (χ0v) is 9.98. The summed E-state index contributed by atoms with van der Waals surface area (Å²) in [6.45, 7) is 5.66. The molecule has 84 valence electrons. The van der Waals surface area contributed by atoms with Crippen LogP contribution in [-0.4, -0.2) is 20.1 Å². The maximum atomic E-state index is 11.3. The third kappa shape index (κ3) is 1.46. The van der Waals surface area contributed by atoms with Crippen molar-refractivity contribution in [3.8, 4) is 5.82 Å². The van der Waals surface area contributed by atoms with Gasteiger partial charge in [0.1, 0.15) is 0 Å². The maximum absolute atomic E-state index is 11.3. The molecule has 4 nitrogen and oxygen atoms in total.